The van der Waals surface area contributed by atoms with Crippen LogP contribution in [0.15, 0.2) is 10.7 Å². The van der Waals surface area contributed by atoms with E-state index in [0.717, 1.165) is 42.8 Å². The van der Waals surface area contributed by atoms with Crippen LogP contribution in [0.5, 0.6) is 0 Å². The molecule has 0 aliphatic rings. The molecule has 0 bridgehead atoms. The quantitative estimate of drug-likeness (QED) is 0.626. The van der Waals surface area contributed by atoms with Crippen LogP contribution in [-0.2, 0) is 0 Å². The fourth-order valence-electron chi connectivity index (χ4n) is 1.76. The highest BCUT2D eigenvalue weighted by Gasteiger charge is 2.05. The highest BCUT2D eigenvalue weighted by molar-refractivity contribution is 9.10. The van der Waals surface area contributed by atoms with Crippen molar-refractivity contribution in [3.8, 4) is 0 Å². The van der Waals surface area contributed by atoms with Gasteiger partial charge in [-0.3, -0.25) is 0 Å². The molecule has 2 N–H and O–H groups in total. The Morgan fingerprint density at radius 3 is 2.67 bits per heavy atom. The first-order valence-corrected chi connectivity index (χ1v) is 8.54. The van der Waals surface area contributed by atoms with E-state index in [4.69, 9.17) is 0 Å². The van der Waals surface area contributed by atoms with Gasteiger partial charge in [-0.25, -0.2) is 4.98 Å². The maximum Gasteiger partial charge on any atom is 0.224 e. The summed E-state index contributed by atoms with van der Waals surface area (Å²) in [5.41, 5.74) is 0. The van der Waals surface area contributed by atoms with E-state index in [1.807, 2.05) is 0 Å². The number of nitrogens with one attached hydrogen (secondary N) is 2. The predicted molar refractivity (Wildman–Crippen MR) is 94.0 cm³/mol. The van der Waals surface area contributed by atoms with Gasteiger partial charge < -0.3 is 15.5 Å². The molecule has 0 aliphatic carbocycles. The molecule has 0 saturated heterocycles. The van der Waals surface area contributed by atoms with Crippen molar-refractivity contribution in [2.75, 3.05) is 37.3 Å². The Morgan fingerprint density at radius 1 is 1.24 bits per heavy atom. The third-order valence-corrected chi connectivity index (χ3v) is 3.97. The lowest BCUT2D eigenvalue weighted by molar-refractivity contribution is 0.269. The minimum atomic E-state index is 0.612. The summed E-state index contributed by atoms with van der Waals surface area (Å²) < 4.78 is 0.906. The lowest BCUT2D eigenvalue weighted by atomic mass is 10.2. The number of aromatic nitrogens is 2. The number of halogens is 1. The van der Waals surface area contributed by atoms with Gasteiger partial charge in [-0.1, -0.05) is 6.92 Å². The highest BCUT2D eigenvalue weighted by Crippen LogP contribution is 2.20. The molecule has 0 fully saturated rings. The molecule has 120 valence electrons. The third kappa shape index (κ3) is 7.09. The normalized spacial score (nSPS) is 11.2. The zero-order valence-electron chi connectivity index (χ0n) is 13.6. The summed E-state index contributed by atoms with van der Waals surface area (Å²) in [6.45, 7) is 9.52. The van der Waals surface area contributed by atoms with Crippen LogP contribution in [0.2, 0.25) is 0 Å². The fourth-order valence-corrected chi connectivity index (χ4v) is 2.10. The van der Waals surface area contributed by atoms with Gasteiger partial charge in [0.05, 0.1) is 4.47 Å². The maximum atomic E-state index is 4.48. The Morgan fingerprint density at radius 2 is 2.00 bits per heavy atom. The molecule has 0 saturated carbocycles. The molecule has 0 aliphatic heterocycles. The average Bonchev–Trinajstić information content (AvgIpc) is 2.46. The van der Waals surface area contributed by atoms with Crippen molar-refractivity contribution in [1.82, 2.24) is 14.9 Å². The van der Waals surface area contributed by atoms with E-state index in [0.29, 0.717) is 12.0 Å². The lowest BCUT2D eigenvalue weighted by Crippen LogP contribution is -2.27. The van der Waals surface area contributed by atoms with Crippen LogP contribution < -0.4 is 10.6 Å². The van der Waals surface area contributed by atoms with Crippen molar-refractivity contribution < 1.29 is 0 Å². The van der Waals surface area contributed by atoms with Crippen molar-refractivity contribution in [3.05, 3.63) is 10.7 Å². The van der Waals surface area contributed by atoms with Gasteiger partial charge >= 0.3 is 0 Å². The Hall–Kier alpha value is -0.880. The molecule has 0 aromatic carbocycles. The van der Waals surface area contributed by atoms with Crippen LogP contribution in [0.4, 0.5) is 11.8 Å². The topological polar surface area (TPSA) is 53.1 Å². The number of hydrogen-bond acceptors (Lipinski definition) is 5. The van der Waals surface area contributed by atoms with Crippen molar-refractivity contribution in [2.24, 2.45) is 0 Å². The van der Waals surface area contributed by atoms with Crippen molar-refractivity contribution in [1.29, 1.82) is 0 Å². The van der Waals surface area contributed by atoms with Crippen LogP contribution in [0.1, 0.15) is 40.0 Å². The molecule has 0 unspecified atom stereocenters. The smallest absolute Gasteiger partial charge is 0.224 e. The minimum Gasteiger partial charge on any atom is -0.369 e. The number of anilines is 2. The third-order valence-electron chi connectivity index (χ3n) is 3.39. The predicted octanol–water partition coefficient (Wildman–Crippen LogP) is 3.59. The van der Waals surface area contributed by atoms with Gasteiger partial charge in [-0.2, -0.15) is 4.98 Å². The van der Waals surface area contributed by atoms with Gasteiger partial charge in [0, 0.05) is 25.3 Å². The summed E-state index contributed by atoms with van der Waals surface area (Å²) in [6.07, 6.45) is 5.17. The molecule has 1 rings (SSSR count). The van der Waals surface area contributed by atoms with Gasteiger partial charge in [0.1, 0.15) is 5.82 Å². The van der Waals surface area contributed by atoms with E-state index in [1.165, 1.54) is 6.42 Å². The minimum absolute atomic E-state index is 0.612. The van der Waals surface area contributed by atoms with E-state index in [1.54, 1.807) is 6.20 Å². The van der Waals surface area contributed by atoms with Crippen molar-refractivity contribution in [2.45, 2.75) is 46.1 Å². The number of nitrogens with zero attached hydrogens (tertiary/aromatic N) is 3. The van der Waals surface area contributed by atoms with Gasteiger partial charge in [-0.15, -0.1) is 0 Å². The summed E-state index contributed by atoms with van der Waals surface area (Å²) >= 11 is 3.49. The van der Waals surface area contributed by atoms with E-state index in [9.17, 15) is 0 Å². The summed E-state index contributed by atoms with van der Waals surface area (Å²) in [7, 11) is 2.17. The summed E-state index contributed by atoms with van der Waals surface area (Å²) in [5, 5.41) is 6.58. The standard InChI is InChI=1S/C15H28BrN5/c1-5-8-18-15-19-11-13(16)14(20-15)17-9-6-7-10-21(4)12(2)3/h11-12H,5-10H2,1-4H3,(H2,17,18,19,20). The second-order valence-corrected chi connectivity index (χ2v) is 6.38. The van der Waals surface area contributed by atoms with Crippen LogP contribution >= 0.6 is 15.9 Å². The molecule has 1 aromatic rings. The molecular formula is C15H28BrN5. The molecule has 0 spiro atoms. The SMILES string of the molecule is CCCNc1ncc(Br)c(NCCCCN(C)C(C)C)n1. The summed E-state index contributed by atoms with van der Waals surface area (Å²) in [4.78, 5) is 11.1. The first-order chi connectivity index (χ1) is 10.0. The monoisotopic (exact) mass is 357 g/mol. The summed E-state index contributed by atoms with van der Waals surface area (Å²) in [5.74, 6) is 1.54. The second kappa shape index (κ2) is 9.95. The first-order valence-electron chi connectivity index (χ1n) is 7.75. The molecule has 21 heavy (non-hydrogen) atoms. The zero-order valence-corrected chi connectivity index (χ0v) is 15.2. The van der Waals surface area contributed by atoms with E-state index in [2.05, 4.69) is 69.3 Å². The van der Waals surface area contributed by atoms with E-state index < -0.39 is 0 Å². The zero-order chi connectivity index (χ0) is 15.7. The van der Waals surface area contributed by atoms with Crippen LogP contribution in [0.25, 0.3) is 0 Å². The lowest BCUT2D eigenvalue weighted by Gasteiger charge is -2.20. The highest BCUT2D eigenvalue weighted by atomic mass is 79.9. The molecule has 0 amide bonds. The van der Waals surface area contributed by atoms with E-state index in [-0.39, 0.29) is 0 Å². The van der Waals surface area contributed by atoms with E-state index >= 15 is 0 Å². The van der Waals surface area contributed by atoms with Gasteiger partial charge in [0.2, 0.25) is 5.95 Å². The van der Waals surface area contributed by atoms with Gasteiger partial charge in [0.15, 0.2) is 0 Å². The average molecular weight is 358 g/mol. The Bertz CT molecular complexity index is 411. The Labute approximate surface area is 137 Å². The molecule has 0 atom stereocenters. The van der Waals surface area contributed by atoms with Crippen LogP contribution in [0.3, 0.4) is 0 Å². The Kier molecular flexibility index (Phi) is 8.61. The van der Waals surface area contributed by atoms with Crippen molar-refractivity contribution in [3.63, 3.8) is 0 Å². The molecule has 6 heteroatoms. The van der Waals surface area contributed by atoms with Gasteiger partial charge in [-0.05, 0) is 62.6 Å². The van der Waals surface area contributed by atoms with Gasteiger partial charge in [0.25, 0.3) is 0 Å². The first kappa shape index (κ1) is 18.2. The maximum absolute atomic E-state index is 4.48. The largest absolute Gasteiger partial charge is 0.369 e. The summed E-state index contributed by atoms with van der Waals surface area (Å²) in [6, 6.07) is 0.612. The number of hydrogen-bond donors (Lipinski definition) is 2. The number of unbranched alkanes of at least 4 members (excludes halogenated alkanes) is 1. The second-order valence-electron chi connectivity index (χ2n) is 5.53. The molecule has 0 radical (unpaired) electrons. The molecule has 5 nitrogen and oxygen atoms in total. The van der Waals surface area contributed by atoms with Crippen LogP contribution in [0, 0.1) is 0 Å². The van der Waals surface area contributed by atoms with Crippen molar-refractivity contribution >= 4 is 27.7 Å². The molecule has 1 heterocycles. The molecule has 1 aromatic heterocycles. The fraction of sp³-hybridized carbons (Fsp3) is 0.733. The Balaban J connectivity index is 2.34. The number of rotatable bonds is 10. The van der Waals surface area contributed by atoms with Crippen LogP contribution in [-0.4, -0.2) is 47.6 Å². The molecular weight excluding hydrogens is 330 g/mol.